The van der Waals surface area contributed by atoms with Gasteiger partial charge in [0.25, 0.3) is 0 Å². The standard InChI is InChI=1S/C23H28F3NO6S/c1-6-33-22(29)20-16(11-34-12-17(30-3)31-4)27-13(2)18(21(28)32-5)19(20)14-8-7-9-15(10-14)23(24,25)26/h7-10,17-19H,6,11-12H2,1-5H3. The molecule has 1 heterocycles. The van der Waals surface area contributed by atoms with Crippen LogP contribution >= 0.6 is 11.8 Å². The maximum absolute atomic E-state index is 13.5. The van der Waals surface area contributed by atoms with E-state index in [9.17, 15) is 22.8 Å². The highest BCUT2D eigenvalue weighted by Gasteiger charge is 2.43. The highest BCUT2D eigenvalue weighted by atomic mass is 32.2. The van der Waals surface area contributed by atoms with E-state index in [2.05, 4.69) is 4.99 Å². The van der Waals surface area contributed by atoms with Gasteiger partial charge in [-0.15, -0.1) is 0 Å². The molecule has 7 nitrogen and oxygen atoms in total. The molecular formula is C23H28F3NO6S. The summed E-state index contributed by atoms with van der Waals surface area (Å²) >= 11 is 1.36. The number of benzene rings is 1. The summed E-state index contributed by atoms with van der Waals surface area (Å²) in [6.07, 6.45) is -5.09. The van der Waals surface area contributed by atoms with Crippen LogP contribution in [0.2, 0.25) is 0 Å². The van der Waals surface area contributed by atoms with Crippen LogP contribution < -0.4 is 0 Å². The molecule has 1 aromatic carbocycles. The van der Waals surface area contributed by atoms with Crippen molar-refractivity contribution in [2.45, 2.75) is 32.2 Å². The molecule has 0 fully saturated rings. The van der Waals surface area contributed by atoms with Gasteiger partial charge in [0.15, 0.2) is 6.29 Å². The van der Waals surface area contributed by atoms with Gasteiger partial charge in [-0.3, -0.25) is 9.79 Å². The van der Waals surface area contributed by atoms with Crippen LogP contribution in [0.1, 0.15) is 30.9 Å². The number of hydrogen-bond donors (Lipinski definition) is 0. The predicted molar refractivity (Wildman–Crippen MR) is 122 cm³/mol. The van der Waals surface area contributed by atoms with E-state index in [4.69, 9.17) is 18.9 Å². The first-order valence-electron chi connectivity index (χ1n) is 10.4. The summed E-state index contributed by atoms with van der Waals surface area (Å²) in [5.41, 5.74) is -0.0869. The number of ether oxygens (including phenoxy) is 4. The summed E-state index contributed by atoms with van der Waals surface area (Å²) in [6.45, 7) is 3.24. The summed E-state index contributed by atoms with van der Waals surface area (Å²) in [7, 11) is 4.16. The third kappa shape index (κ3) is 6.61. The van der Waals surface area contributed by atoms with Crippen LogP contribution in [-0.4, -0.2) is 63.4 Å². The van der Waals surface area contributed by atoms with Crippen LogP contribution in [0.15, 0.2) is 40.5 Å². The van der Waals surface area contributed by atoms with Crippen LogP contribution in [-0.2, 0) is 34.7 Å². The second-order valence-electron chi connectivity index (χ2n) is 7.35. The van der Waals surface area contributed by atoms with Gasteiger partial charge in [-0.05, 0) is 25.5 Å². The summed E-state index contributed by atoms with van der Waals surface area (Å²) in [6, 6.07) is 4.56. The van der Waals surface area contributed by atoms with Gasteiger partial charge < -0.3 is 18.9 Å². The highest BCUT2D eigenvalue weighted by molar-refractivity contribution is 7.99. The van der Waals surface area contributed by atoms with Crippen molar-refractivity contribution in [1.82, 2.24) is 0 Å². The van der Waals surface area contributed by atoms with Crippen molar-refractivity contribution in [3.05, 3.63) is 46.7 Å². The number of methoxy groups -OCH3 is 3. The predicted octanol–water partition coefficient (Wildman–Crippen LogP) is 4.22. The fourth-order valence-electron chi connectivity index (χ4n) is 3.68. The summed E-state index contributed by atoms with van der Waals surface area (Å²) in [5, 5.41) is 0. The number of halogens is 3. The largest absolute Gasteiger partial charge is 0.468 e. The van der Waals surface area contributed by atoms with Crippen molar-refractivity contribution in [1.29, 1.82) is 0 Å². The average Bonchev–Trinajstić information content (AvgIpc) is 2.80. The number of thioether (sulfide) groups is 1. The zero-order valence-electron chi connectivity index (χ0n) is 19.6. The maximum atomic E-state index is 13.5. The van der Waals surface area contributed by atoms with Gasteiger partial charge in [-0.1, -0.05) is 18.2 Å². The van der Waals surface area contributed by atoms with E-state index in [0.29, 0.717) is 17.2 Å². The van der Waals surface area contributed by atoms with Crippen molar-refractivity contribution >= 4 is 29.4 Å². The van der Waals surface area contributed by atoms with E-state index >= 15 is 0 Å². The van der Waals surface area contributed by atoms with Crippen LogP contribution in [0.25, 0.3) is 0 Å². The molecule has 0 radical (unpaired) electrons. The molecule has 11 heteroatoms. The zero-order valence-corrected chi connectivity index (χ0v) is 20.4. The minimum absolute atomic E-state index is 0.0288. The molecule has 0 aliphatic carbocycles. The van der Waals surface area contributed by atoms with Crippen molar-refractivity contribution in [2.75, 3.05) is 39.4 Å². The molecule has 0 amide bonds. The smallest absolute Gasteiger partial charge is 0.416 e. The van der Waals surface area contributed by atoms with Crippen LogP contribution in [0.3, 0.4) is 0 Å². The lowest BCUT2D eigenvalue weighted by Crippen LogP contribution is -2.37. The lowest BCUT2D eigenvalue weighted by atomic mass is 9.75. The molecule has 0 N–H and O–H groups in total. The molecule has 2 rings (SSSR count). The molecular weight excluding hydrogens is 475 g/mol. The van der Waals surface area contributed by atoms with E-state index in [1.165, 1.54) is 45.2 Å². The van der Waals surface area contributed by atoms with Crippen molar-refractivity contribution in [2.24, 2.45) is 10.9 Å². The van der Waals surface area contributed by atoms with E-state index in [0.717, 1.165) is 12.1 Å². The minimum Gasteiger partial charge on any atom is -0.468 e. The number of esters is 2. The Bertz CT molecular complexity index is 943. The Hall–Kier alpha value is -2.37. The number of alkyl halides is 3. The lowest BCUT2D eigenvalue weighted by Gasteiger charge is -2.32. The quantitative estimate of drug-likeness (QED) is 0.349. The van der Waals surface area contributed by atoms with Gasteiger partial charge >= 0.3 is 18.1 Å². The Labute approximate surface area is 200 Å². The molecule has 188 valence electrons. The topological polar surface area (TPSA) is 83.4 Å². The Morgan fingerprint density at radius 3 is 2.41 bits per heavy atom. The maximum Gasteiger partial charge on any atom is 0.416 e. The fourth-order valence-corrected chi connectivity index (χ4v) is 4.67. The summed E-state index contributed by atoms with van der Waals surface area (Å²) in [5.74, 6) is -2.99. The third-order valence-electron chi connectivity index (χ3n) is 5.26. The number of nitrogens with zero attached hydrogens (tertiary/aromatic N) is 1. The van der Waals surface area contributed by atoms with Crippen LogP contribution in [0, 0.1) is 5.92 Å². The molecule has 0 saturated heterocycles. The van der Waals surface area contributed by atoms with Crippen LogP contribution in [0.5, 0.6) is 0 Å². The summed E-state index contributed by atoms with van der Waals surface area (Å²) < 4.78 is 60.8. The van der Waals surface area contributed by atoms with E-state index in [1.807, 2.05) is 0 Å². The number of hydrogen-bond acceptors (Lipinski definition) is 8. The third-order valence-corrected chi connectivity index (χ3v) is 6.24. The molecule has 34 heavy (non-hydrogen) atoms. The highest BCUT2D eigenvalue weighted by Crippen LogP contribution is 2.42. The van der Waals surface area contributed by atoms with Crippen LogP contribution in [0.4, 0.5) is 13.2 Å². The molecule has 1 aliphatic heterocycles. The van der Waals surface area contributed by atoms with E-state index in [1.54, 1.807) is 13.8 Å². The summed E-state index contributed by atoms with van der Waals surface area (Å²) in [4.78, 5) is 30.3. The molecule has 2 atom stereocenters. The van der Waals surface area contributed by atoms with Crippen molar-refractivity contribution in [3.8, 4) is 0 Å². The number of carbonyl (C=O) groups excluding carboxylic acids is 2. The molecule has 0 bridgehead atoms. The Kier molecular flexibility index (Phi) is 10.1. The Morgan fingerprint density at radius 1 is 1.18 bits per heavy atom. The first-order chi connectivity index (χ1) is 16.1. The second-order valence-corrected chi connectivity index (χ2v) is 8.38. The van der Waals surface area contributed by atoms with Gasteiger partial charge in [-0.2, -0.15) is 24.9 Å². The zero-order chi connectivity index (χ0) is 25.5. The van der Waals surface area contributed by atoms with E-state index < -0.39 is 41.8 Å². The first-order valence-corrected chi connectivity index (χ1v) is 11.6. The molecule has 0 spiro atoms. The number of aliphatic imine (C=N–C) groups is 1. The number of rotatable bonds is 10. The normalized spacial score (nSPS) is 18.7. The molecule has 0 saturated carbocycles. The van der Waals surface area contributed by atoms with Crippen molar-refractivity contribution in [3.63, 3.8) is 0 Å². The van der Waals surface area contributed by atoms with Gasteiger partial charge in [0.2, 0.25) is 0 Å². The van der Waals surface area contributed by atoms with Crippen molar-refractivity contribution < 1.29 is 41.7 Å². The SMILES string of the molecule is CCOC(=O)C1=C(CSCC(OC)OC)N=C(C)C(C(=O)OC)C1c1cccc(C(F)(F)F)c1. The lowest BCUT2D eigenvalue weighted by molar-refractivity contribution is -0.144. The second kappa shape index (κ2) is 12.4. The molecule has 1 aliphatic rings. The fraction of sp³-hybridized carbons (Fsp3) is 0.522. The Balaban J connectivity index is 2.65. The monoisotopic (exact) mass is 503 g/mol. The molecule has 0 aromatic heterocycles. The Morgan fingerprint density at radius 2 is 1.85 bits per heavy atom. The first kappa shape index (κ1) is 27.9. The molecule has 1 aromatic rings. The van der Waals surface area contributed by atoms with Gasteiger partial charge in [-0.25, -0.2) is 4.79 Å². The van der Waals surface area contributed by atoms with Gasteiger partial charge in [0.05, 0.1) is 30.6 Å². The van der Waals surface area contributed by atoms with Gasteiger partial charge in [0.1, 0.15) is 5.92 Å². The molecule has 2 unspecified atom stereocenters. The van der Waals surface area contributed by atoms with E-state index in [-0.39, 0.29) is 23.5 Å². The average molecular weight is 504 g/mol. The number of carbonyl (C=O) groups is 2. The minimum atomic E-state index is -4.60. The van der Waals surface area contributed by atoms with Gasteiger partial charge in [0, 0.05) is 37.4 Å².